The standard InChI is InChI=1S/C22H17N3O11S3.Na/c1-11(26)23-17-10-14(37(28,29)30)8-13-9-18(38(31,32)33)20(21(27)19(13)17)25-24-16-7-6-12-4-2-3-5-15(12)22(16)39(34,35)36;/h2-10,27H,1H3,(H,23,26)(H,28,29,30)(H,31,32,33)(H,34,35,36);/q;+1/p-1. The molecule has 0 atom stereocenters. The van der Waals surface area contributed by atoms with Crippen LogP contribution in [-0.2, 0) is 30.4 Å². The van der Waals surface area contributed by atoms with Crippen LogP contribution in [0.3, 0.4) is 0 Å². The number of phenols is 1. The minimum atomic E-state index is -5.20. The number of aromatic hydroxyl groups is 1. The van der Waals surface area contributed by atoms with E-state index in [0.29, 0.717) is 11.5 Å². The van der Waals surface area contributed by atoms with Gasteiger partial charge < -0.3 is 10.2 Å². The van der Waals surface area contributed by atoms with Gasteiger partial charge in [-0.15, -0.1) is 10.2 Å². The zero-order valence-electron chi connectivity index (χ0n) is 20.4. The SMILES string of the molecule is CC([O-])=Nc1cc(S(=O)(=O)O)cc2cc(S(=O)(=O)O)c(N=Nc3ccc4ccccc4c3S(=O)(=O)O)c(O)c12.[Na+]. The van der Waals surface area contributed by atoms with Crippen molar-refractivity contribution in [1.29, 1.82) is 0 Å². The topological polar surface area (TPSA) is 243 Å². The van der Waals surface area contributed by atoms with E-state index in [1.807, 2.05) is 0 Å². The molecule has 0 amide bonds. The summed E-state index contributed by atoms with van der Waals surface area (Å²) in [5.41, 5.74) is -1.90. The molecule has 4 aromatic carbocycles. The maximum Gasteiger partial charge on any atom is 1.00 e. The van der Waals surface area contributed by atoms with Crippen molar-refractivity contribution in [3.8, 4) is 5.75 Å². The third-order valence-electron chi connectivity index (χ3n) is 5.33. The average Bonchev–Trinajstić information content (AvgIpc) is 2.80. The van der Waals surface area contributed by atoms with Crippen LogP contribution in [-0.4, -0.2) is 49.9 Å². The van der Waals surface area contributed by atoms with Gasteiger partial charge in [-0.25, -0.2) is 0 Å². The Labute approximate surface area is 249 Å². The number of hydrogen-bond acceptors (Lipinski definition) is 11. The van der Waals surface area contributed by atoms with Crippen LogP contribution in [0.15, 0.2) is 84.5 Å². The van der Waals surface area contributed by atoms with Gasteiger partial charge in [0.2, 0.25) is 0 Å². The van der Waals surface area contributed by atoms with Crippen molar-refractivity contribution < 1.29 is 78.7 Å². The first kappa shape index (κ1) is 31.5. The largest absolute Gasteiger partial charge is 1.00 e. The molecule has 0 aromatic heterocycles. The summed E-state index contributed by atoms with van der Waals surface area (Å²) >= 11 is 0. The molecule has 204 valence electrons. The molecule has 0 aliphatic carbocycles. The molecule has 18 heteroatoms. The van der Waals surface area contributed by atoms with Gasteiger partial charge in [0.1, 0.15) is 21.2 Å². The van der Waals surface area contributed by atoms with E-state index in [9.17, 15) is 49.1 Å². The van der Waals surface area contributed by atoms with E-state index in [4.69, 9.17) is 0 Å². The summed E-state index contributed by atoms with van der Waals surface area (Å²) < 4.78 is 101. The fourth-order valence-corrected chi connectivity index (χ4v) is 5.85. The van der Waals surface area contributed by atoms with Crippen molar-refractivity contribution in [2.75, 3.05) is 0 Å². The first-order chi connectivity index (χ1) is 18.0. The van der Waals surface area contributed by atoms with Crippen LogP contribution in [0.5, 0.6) is 5.75 Å². The second-order valence-corrected chi connectivity index (χ2v) is 12.2. The van der Waals surface area contributed by atoms with Crippen molar-refractivity contribution in [1.82, 2.24) is 0 Å². The Morgan fingerprint density at radius 1 is 0.775 bits per heavy atom. The Balaban J connectivity index is 0.00000441. The van der Waals surface area contributed by atoms with Crippen LogP contribution in [0.4, 0.5) is 17.1 Å². The molecule has 4 aromatic rings. The second kappa shape index (κ2) is 11.1. The smallest absolute Gasteiger partial charge is 0.862 e. The third kappa shape index (κ3) is 6.32. The van der Waals surface area contributed by atoms with Crippen molar-refractivity contribution >= 4 is 74.9 Å². The second-order valence-electron chi connectivity index (χ2n) is 8.00. The van der Waals surface area contributed by atoms with Gasteiger partial charge in [0.25, 0.3) is 30.4 Å². The molecule has 0 saturated carbocycles. The van der Waals surface area contributed by atoms with Gasteiger partial charge in [-0.2, -0.15) is 25.3 Å². The molecule has 0 saturated heterocycles. The molecule has 0 aliphatic heterocycles. The first-order valence-electron chi connectivity index (χ1n) is 10.4. The van der Waals surface area contributed by atoms with Crippen molar-refractivity contribution in [3.05, 3.63) is 54.6 Å². The zero-order chi connectivity index (χ0) is 28.9. The van der Waals surface area contributed by atoms with Gasteiger partial charge >= 0.3 is 29.6 Å². The summed E-state index contributed by atoms with van der Waals surface area (Å²) in [4.78, 5) is 1.01. The Kier molecular flexibility index (Phi) is 8.76. The molecule has 0 spiro atoms. The fourth-order valence-electron chi connectivity index (χ4n) is 3.82. The molecule has 40 heavy (non-hydrogen) atoms. The quantitative estimate of drug-likeness (QED) is 0.0752. The van der Waals surface area contributed by atoms with Gasteiger partial charge in [-0.3, -0.25) is 18.7 Å². The number of benzene rings is 4. The first-order valence-corrected chi connectivity index (χ1v) is 14.7. The maximum absolute atomic E-state index is 12.2. The number of azo groups is 1. The van der Waals surface area contributed by atoms with Gasteiger partial charge in [0.15, 0.2) is 5.75 Å². The number of rotatable bonds is 6. The summed E-state index contributed by atoms with van der Waals surface area (Å²) in [6.07, 6.45) is 0. The molecule has 4 rings (SSSR count). The Morgan fingerprint density at radius 2 is 1.43 bits per heavy atom. The van der Waals surface area contributed by atoms with Crippen LogP contribution in [0.25, 0.3) is 21.5 Å². The number of phenolic OH excluding ortho intramolecular Hbond substituents is 1. The van der Waals surface area contributed by atoms with Crippen molar-refractivity contribution in [2.24, 2.45) is 15.2 Å². The molecule has 0 radical (unpaired) electrons. The molecule has 0 fully saturated rings. The van der Waals surface area contributed by atoms with Crippen LogP contribution in [0, 0.1) is 0 Å². The summed E-state index contributed by atoms with van der Waals surface area (Å²) in [5.74, 6) is -1.90. The number of fused-ring (bicyclic) bond motifs is 2. The van der Waals surface area contributed by atoms with E-state index in [1.54, 1.807) is 12.1 Å². The summed E-state index contributed by atoms with van der Waals surface area (Å²) in [5, 5.41) is 29.6. The Bertz CT molecular complexity index is 2070. The van der Waals surface area contributed by atoms with Gasteiger partial charge in [0.05, 0.1) is 16.0 Å². The van der Waals surface area contributed by atoms with E-state index < -0.39 is 84.5 Å². The van der Waals surface area contributed by atoms with Gasteiger partial charge in [0, 0.05) is 5.39 Å². The van der Waals surface area contributed by atoms with E-state index >= 15 is 0 Å². The average molecular weight is 618 g/mol. The molecule has 14 nitrogen and oxygen atoms in total. The summed E-state index contributed by atoms with van der Waals surface area (Å²) in [6, 6.07) is 10.8. The molecule has 0 unspecified atom stereocenters. The zero-order valence-corrected chi connectivity index (χ0v) is 24.9. The van der Waals surface area contributed by atoms with Crippen molar-refractivity contribution in [2.45, 2.75) is 21.6 Å². The number of aliphatic imine (C=N–C) groups is 1. The Hall–Kier alpha value is -3.00. The van der Waals surface area contributed by atoms with E-state index in [-0.39, 0.29) is 34.9 Å². The fraction of sp³-hybridized carbons (Fsp3) is 0.0455. The molecule has 0 heterocycles. The van der Waals surface area contributed by atoms with E-state index in [1.165, 1.54) is 18.2 Å². The summed E-state index contributed by atoms with van der Waals surface area (Å²) in [7, 11) is -15.0. The molecule has 0 bridgehead atoms. The molecule has 4 N–H and O–H groups in total. The minimum absolute atomic E-state index is 0. The van der Waals surface area contributed by atoms with Crippen LogP contribution in [0.1, 0.15) is 6.92 Å². The van der Waals surface area contributed by atoms with Crippen LogP contribution in [0.2, 0.25) is 0 Å². The summed E-state index contributed by atoms with van der Waals surface area (Å²) in [6.45, 7) is 0.993. The van der Waals surface area contributed by atoms with Crippen LogP contribution >= 0.6 is 0 Å². The van der Waals surface area contributed by atoms with E-state index in [0.717, 1.165) is 25.1 Å². The maximum atomic E-state index is 12.2. The monoisotopic (exact) mass is 617 g/mol. The van der Waals surface area contributed by atoms with Crippen molar-refractivity contribution in [3.63, 3.8) is 0 Å². The van der Waals surface area contributed by atoms with Gasteiger partial charge in [-0.05, 0) is 47.9 Å². The van der Waals surface area contributed by atoms with E-state index in [2.05, 4.69) is 15.2 Å². The molecular weight excluding hydrogens is 601 g/mol. The number of hydrogen-bond donors (Lipinski definition) is 4. The normalized spacial score (nSPS) is 13.2. The van der Waals surface area contributed by atoms with Gasteiger partial charge in [-0.1, -0.05) is 30.3 Å². The number of nitrogens with zero attached hydrogens (tertiary/aromatic N) is 3. The minimum Gasteiger partial charge on any atom is -0.862 e. The third-order valence-corrected chi connectivity index (χ3v) is 7.97. The predicted molar refractivity (Wildman–Crippen MR) is 136 cm³/mol. The molecule has 0 aliphatic rings. The molecular formula is C22H16N3NaO11S3. The van der Waals surface area contributed by atoms with Crippen LogP contribution < -0.4 is 34.7 Å². The Morgan fingerprint density at radius 3 is 2.00 bits per heavy atom. The predicted octanol–water partition coefficient (Wildman–Crippen LogP) is 0.268.